The average molecular weight is 965 g/mol. The molecule has 0 N–H and O–H groups in total. The van der Waals surface area contributed by atoms with Gasteiger partial charge < -0.3 is 18.3 Å². The molecule has 0 fully saturated rings. The van der Waals surface area contributed by atoms with E-state index >= 15 is 0 Å². The van der Waals surface area contributed by atoms with Crippen LogP contribution in [0, 0.1) is 0 Å². The molecule has 0 unspecified atom stereocenters. The number of hydrogen-bond donors (Lipinski definition) is 0. The Morgan fingerprint density at radius 1 is 0.145 bits per heavy atom. The van der Waals surface area contributed by atoms with Gasteiger partial charge in [0, 0.05) is 65.8 Å². The predicted octanol–water partition coefficient (Wildman–Crippen LogP) is 19.3. The maximum atomic E-state index is 2.43. The van der Waals surface area contributed by atoms with Crippen LogP contribution in [0.3, 0.4) is 0 Å². The van der Waals surface area contributed by atoms with Crippen molar-refractivity contribution in [3.8, 4) is 22.7 Å². The standard InChI is InChI=1S/C72H44N4/c1-5-13-53(14-6-1)73-65-29-21-45-37-57(65)58-38-46(22-30-66(58)73)48-24-32-68-60(40-48)62-42-50(26-34-70(62)75(68)55-17-9-3-10-18-55)52-28-36-72-64(44-52)63-43-51(27-35-71(63)76(72)56-19-11-4-12-20-56)49-25-33-69-61(41-49)59-39-47(45)23-31-67(59)74(69)54-15-7-2-8-16-54/h1-44H. The van der Waals surface area contributed by atoms with Gasteiger partial charge in [0.2, 0.25) is 0 Å². The SMILES string of the molecule is c1ccc(-n2c3ccc4cc3c3cc(ccc32)c2ccc3c(c2)c2cc(ccc2n3-c2ccccc2)c2ccc3c(c2)c2cc(ccc2n3-c2ccccc2)c2ccc3c(c2)c2cc4ccc2n3-c2ccccc2)cc1. The zero-order valence-corrected chi connectivity index (χ0v) is 41.2. The molecule has 76 heavy (non-hydrogen) atoms. The first-order valence-electron chi connectivity index (χ1n) is 26.2. The van der Waals surface area contributed by atoms with Crippen molar-refractivity contribution >= 4 is 130 Å². The fourth-order valence-corrected chi connectivity index (χ4v) is 13.0. The Morgan fingerprint density at radius 3 is 0.434 bits per heavy atom. The lowest BCUT2D eigenvalue weighted by Gasteiger charge is -2.08. The number of aromatic nitrogens is 4. The number of rotatable bonds is 4. The van der Waals surface area contributed by atoms with Gasteiger partial charge in [0.1, 0.15) is 0 Å². The molecule has 0 spiro atoms. The molecule has 0 aliphatic rings. The first-order chi connectivity index (χ1) is 37.7. The highest BCUT2D eigenvalue weighted by Crippen LogP contribution is 2.42. The van der Waals surface area contributed by atoms with Gasteiger partial charge in [0.25, 0.3) is 0 Å². The topological polar surface area (TPSA) is 19.7 Å². The third-order valence-electron chi connectivity index (χ3n) is 16.5. The number of fused-ring (bicyclic) bond motifs is 12. The average Bonchev–Trinajstić information content (AvgIpc) is 4.24. The van der Waals surface area contributed by atoms with Crippen LogP contribution >= 0.6 is 0 Å². The van der Waals surface area contributed by atoms with E-state index in [9.17, 15) is 0 Å². The van der Waals surface area contributed by atoms with Gasteiger partial charge in [-0.25, -0.2) is 0 Å². The van der Waals surface area contributed by atoms with E-state index < -0.39 is 0 Å². The quantitative estimate of drug-likeness (QED) is 0.167. The molecular weight excluding hydrogens is 921 g/mol. The molecule has 0 aliphatic carbocycles. The molecule has 0 amide bonds. The van der Waals surface area contributed by atoms with Crippen LogP contribution in [0.15, 0.2) is 267 Å². The van der Waals surface area contributed by atoms with Crippen LogP contribution in [0.5, 0.6) is 0 Å². The minimum absolute atomic E-state index is 1.15. The smallest absolute Gasteiger partial charge is 0.0541 e. The summed E-state index contributed by atoms with van der Waals surface area (Å²) in [6, 6.07) is 99.7. The van der Waals surface area contributed by atoms with E-state index in [2.05, 4.69) is 285 Å². The number of nitrogens with zero attached hydrogens (tertiary/aromatic N) is 4. The summed E-state index contributed by atoms with van der Waals surface area (Å²) in [4.78, 5) is 0. The molecule has 4 heterocycles. The van der Waals surface area contributed by atoms with Gasteiger partial charge in [-0.15, -0.1) is 0 Å². The van der Waals surface area contributed by atoms with Crippen LogP contribution in [-0.2, 0) is 0 Å². The molecule has 0 aliphatic heterocycles. The van der Waals surface area contributed by atoms with E-state index in [-0.39, 0.29) is 0 Å². The summed E-state index contributed by atoms with van der Waals surface area (Å²) >= 11 is 0. The van der Waals surface area contributed by atoms with E-state index in [1.165, 1.54) is 130 Å². The third kappa shape index (κ3) is 5.95. The van der Waals surface area contributed by atoms with Crippen LogP contribution < -0.4 is 0 Å². The van der Waals surface area contributed by atoms with Gasteiger partial charge in [-0.05, 0) is 189 Å². The van der Waals surface area contributed by atoms with Gasteiger partial charge >= 0.3 is 0 Å². The highest BCUT2D eigenvalue weighted by Gasteiger charge is 2.19. The summed E-state index contributed by atoms with van der Waals surface area (Å²) in [5.41, 5.74) is 14.0. The van der Waals surface area contributed by atoms with Crippen molar-refractivity contribution < 1.29 is 0 Å². The fraction of sp³-hybridized carbons (Fsp3) is 0. The molecule has 4 heteroatoms. The van der Waals surface area contributed by atoms with Crippen molar-refractivity contribution in [3.63, 3.8) is 0 Å². The second kappa shape index (κ2) is 15.7. The monoisotopic (exact) mass is 964 g/mol. The Morgan fingerprint density at radius 2 is 0.289 bits per heavy atom. The lowest BCUT2D eigenvalue weighted by molar-refractivity contribution is 1.18. The van der Waals surface area contributed by atoms with Crippen molar-refractivity contribution in [2.24, 2.45) is 0 Å². The zero-order valence-electron chi connectivity index (χ0n) is 41.2. The second-order valence-electron chi connectivity index (χ2n) is 20.5. The van der Waals surface area contributed by atoms with Crippen molar-refractivity contribution in [3.05, 3.63) is 267 Å². The minimum atomic E-state index is 1.15. The van der Waals surface area contributed by atoms with Crippen molar-refractivity contribution in [2.75, 3.05) is 0 Å². The van der Waals surface area contributed by atoms with Crippen LogP contribution in [0.4, 0.5) is 0 Å². The molecule has 16 bridgehead atoms. The molecular formula is C72H44N4. The second-order valence-corrected chi connectivity index (χ2v) is 20.5. The Kier molecular flexibility index (Phi) is 8.52. The summed E-state index contributed by atoms with van der Waals surface area (Å²) in [6.07, 6.45) is 0. The van der Waals surface area contributed by atoms with Crippen LogP contribution in [0.25, 0.3) is 153 Å². The number of benzene rings is 12. The van der Waals surface area contributed by atoms with E-state index in [4.69, 9.17) is 0 Å². The zero-order chi connectivity index (χ0) is 49.6. The summed E-state index contributed by atoms with van der Waals surface area (Å²) < 4.78 is 9.70. The van der Waals surface area contributed by atoms with E-state index in [0.717, 1.165) is 22.7 Å². The van der Waals surface area contributed by atoms with Gasteiger partial charge in [0.15, 0.2) is 0 Å². The van der Waals surface area contributed by atoms with E-state index in [0.29, 0.717) is 0 Å². The summed E-state index contributed by atoms with van der Waals surface area (Å²) in [7, 11) is 0. The van der Waals surface area contributed by atoms with Gasteiger partial charge in [0.05, 0.1) is 44.1 Å². The highest BCUT2D eigenvalue weighted by molar-refractivity contribution is 6.20. The van der Waals surface area contributed by atoms with E-state index in [1.54, 1.807) is 0 Å². The largest absolute Gasteiger partial charge is 0.309 e. The maximum absolute atomic E-state index is 2.43. The summed E-state index contributed by atoms with van der Waals surface area (Å²) in [5.74, 6) is 0. The first-order valence-corrected chi connectivity index (χ1v) is 26.2. The van der Waals surface area contributed by atoms with Crippen LogP contribution in [0.1, 0.15) is 0 Å². The summed E-state index contributed by atoms with van der Waals surface area (Å²) in [6.45, 7) is 0. The molecule has 17 rings (SSSR count). The third-order valence-corrected chi connectivity index (χ3v) is 16.5. The van der Waals surface area contributed by atoms with Gasteiger partial charge in [-0.3, -0.25) is 0 Å². The first kappa shape index (κ1) is 41.3. The molecule has 17 aromatic rings. The minimum Gasteiger partial charge on any atom is -0.309 e. The fourth-order valence-electron chi connectivity index (χ4n) is 13.0. The maximum Gasteiger partial charge on any atom is 0.0541 e. The molecule has 13 aromatic carbocycles. The molecule has 0 atom stereocenters. The lowest BCUT2D eigenvalue weighted by Crippen LogP contribution is -1.93. The summed E-state index contributed by atoms with van der Waals surface area (Å²) in [5, 5.41) is 19.3. The van der Waals surface area contributed by atoms with Gasteiger partial charge in [-0.1, -0.05) is 121 Å². The van der Waals surface area contributed by atoms with Crippen LogP contribution in [-0.4, -0.2) is 18.3 Å². The molecule has 0 radical (unpaired) electrons. The van der Waals surface area contributed by atoms with Gasteiger partial charge in [-0.2, -0.15) is 0 Å². The van der Waals surface area contributed by atoms with Crippen molar-refractivity contribution in [1.82, 2.24) is 18.3 Å². The van der Waals surface area contributed by atoms with E-state index in [1.807, 2.05) is 0 Å². The molecule has 0 saturated carbocycles. The molecule has 352 valence electrons. The Hall–Kier alpha value is -10.2. The number of hydrogen-bond acceptors (Lipinski definition) is 0. The molecule has 4 nitrogen and oxygen atoms in total. The highest BCUT2D eigenvalue weighted by atomic mass is 15.0. The van der Waals surface area contributed by atoms with Crippen molar-refractivity contribution in [2.45, 2.75) is 0 Å². The Labute approximate surface area is 436 Å². The van der Waals surface area contributed by atoms with Crippen LogP contribution in [0.2, 0.25) is 0 Å². The molecule has 0 saturated heterocycles. The lowest BCUT2D eigenvalue weighted by atomic mass is 10.0. The number of para-hydroxylation sites is 4. The predicted molar refractivity (Wildman–Crippen MR) is 323 cm³/mol. The molecule has 4 aromatic heterocycles. The normalized spacial score (nSPS) is 12.2. The Bertz CT molecular complexity index is 4390. The van der Waals surface area contributed by atoms with Crippen molar-refractivity contribution in [1.29, 1.82) is 0 Å². The Balaban J connectivity index is 1.04.